The molecule has 7 nitrogen and oxygen atoms in total. The summed E-state index contributed by atoms with van der Waals surface area (Å²) in [6, 6.07) is 27.0. The van der Waals surface area contributed by atoms with Crippen molar-refractivity contribution in [3.8, 4) is 0 Å². The minimum absolute atomic E-state index is 0.0483. The summed E-state index contributed by atoms with van der Waals surface area (Å²) in [7, 11) is 0. The summed E-state index contributed by atoms with van der Waals surface area (Å²) in [4.78, 5) is 18.5. The zero-order chi connectivity index (χ0) is 25.6. The number of H-pyrrole nitrogens is 1. The number of tetrazole rings is 1. The van der Waals surface area contributed by atoms with Crippen LogP contribution in [0.2, 0.25) is 0 Å². The molecule has 5 rings (SSSR count). The Morgan fingerprint density at radius 3 is 2.30 bits per heavy atom. The molecule has 0 spiro atoms. The predicted molar refractivity (Wildman–Crippen MR) is 146 cm³/mol. The van der Waals surface area contributed by atoms with E-state index < -0.39 is 0 Å². The van der Waals surface area contributed by atoms with Gasteiger partial charge in [-0.2, -0.15) is 0 Å². The Hall–Kier alpha value is -4.10. The van der Waals surface area contributed by atoms with Crippen molar-refractivity contribution in [1.29, 1.82) is 0 Å². The summed E-state index contributed by atoms with van der Waals surface area (Å²) in [6.45, 7) is 6.66. The lowest BCUT2D eigenvalue weighted by Crippen LogP contribution is -2.30. The van der Waals surface area contributed by atoms with Gasteiger partial charge in [0.2, 0.25) is 0 Å². The lowest BCUT2D eigenvalue weighted by atomic mass is 10.0. The number of aromatic nitrogens is 5. The molecule has 188 valence electrons. The third-order valence-electron chi connectivity index (χ3n) is 6.75. The molecule has 0 amide bonds. The number of fused-ring (bicyclic) bond motifs is 1. The average molecular weight is 493 g/mol. The van der Waals surface area contributed by atoms with Crippen molar-refractivity contribution < 1.29 is 0 Å². The van der Waals surface area contributed by atoms with Crippen LogP contribution in [0.5, 0.6) is 0 Å². The molecule has 0 saturated carbocycles. The number of nitrogens with zero attached hydrogens (tertiary/aromatic N) is 5. The molecule has 0 aliphatic heterocycles. The molecule has 7 heteroatoms. The number of rotatable bonds is 10. The van der Waals surface area contributed by atoms with Gasteiger partial charge in [0.15, 0.2) is 5.82 Å². The van der Waals surface area contributed by atoms with Crippen LogP contribution in [-0.4, -0.2) is 36.6 Å². The first-order valence-corrected chi connectivity index (χ1v) is 12.7. The van der Waals surface area contributed by atoms with E-state index in [1.54, 1.807) is 0 Å². The number of hydrogen-bond acceptors (Lipinski definition) is 5. The highest BCUT2D eigenvalue weighted by Crippen LogP contribution is 2.19. The van der Waals surface area contributed by atoms with E-state index in [0.29, 0.717) is 19.6 Å². The van der Waals surface area contributed by atoms with E-state index in [0.717, 1.165) is 47.2 Å². The molecule has 1 N–H and O–H groups in total. The van der Waals surface area contributed by atoms with Crippen LogP contribution in [0.3, 0.4) is 0 Å². The molecule has 0 atom stereocenters. The number of nitrogens with one attached hydrogen (secondary N) is 1. The normalized spacial score (nSPS) is 11.4. The molecule has 0 saturated heterocycles. The first-order valence-electron chi connectivity index (χ1n) is 12.7. The van der Waals surface area contributed by atoms with E-state index in [-0.39, 0.29) is 5.56 Å². The molecular formula is C30H32N6O. The van der Waals surface area contributed by atoms with E-state index >= 15 is 0 Å². The third kappa shape index (κ3) is 6.19. The molecule has 0 aliphatic carbocycles. The first kappa shape index (κ1) is 24.6. The standard InChI is InChI=1S/C30H32N6O/c1-22-17-23(2)29-26(18-22)19-27(30(37)31-29)20-35(15-13-24-9-5-3-6-10-24)21-28-32-33-34-36(28)16-14-25-11-7-4-8-12-25/h3-12,17-19H,13-16,20-21H2,1-2H3,(H,31,37). The maximum Gasteiger partial charge on any atom is 0.252 e. The maximum atomic E-state index is 13.1. The van der Waals surface area contributed by atoms with Crippen LogP contribution in [0, 0.1) is 13.8 Å². The fraction of sp³-hybridized carbons (Fsp3) is 0.267. The molecule has 2 heterocycles. The van der Waals surface area contributed by atoms with Gasteiger partial charge in [0, 0.05) is 25.2 Å². The van der Waals surface area contributed by atoms with Crippen LogP contribution in [0.4, 0.5) is 0 Å². The number of hydrogen-bond donors (Lipinski definition) is 1. The largest absolute Gasteiger partial charge is 0.321 e. The fourth-order valence-electron chi connectivity index (χ4n) is 4.83. The topological polar surface area (TPSA) is 79.7 Å². The predicted octanol–water partition coefficient (Wildman–Crippen LogP) is 4.62. The second-order valence-electron chi connectivity index (χ2n) is 9.67. The van der Waals surface area contributed by atoms with Crippen molar-refractivity contribution in [3.05, 3.63) is 123 Å². The molecule has 0 radical (unpaired) electrons. The highest BCUT2D eigenvalue weighted by atomic mass is 16.1. The van der Waals surface area contributed by atoms with Gasteiger partial charge in [-0.1, -0.05) is 72.3 Å². The summed E-state index contributed by atoms with van der Waals surface area (Å²) in [6.07, 6.45) is 1.72. The molecular weight excluding hydrogens is 460 g/mol. The molecule has 37 heavy (non-hydrogen) atoms. The quantitative estimate of drug-likeness (QED) is 0.308. The van der Waals surface area contributed by atoms with E-state index in [2.05, 4.69) is 80.9 Å². The molecule has 0 aliphatic rings. The van der Waals surface area contributed by atoms with Crippen LogP contribution >= 0.6 is 0 Å². The molecule has 0 unspecified atom stereocenters. The van der Waals surface area contributed by atoms with Gasteiger partial charge in [0.1, 0.15) is 0 Å². The van der Waals surface area contributed by atoms with Gasteiger partial charge in [-0.15, -0.1) is 5.10 Å². The van der Waals surface area contributed by atoms with Crippen molar-refractivity contribution in [3.63, 3.8) is 0 Å². The van der Waals surface area contributed by atoms with Crippen molar-refractivity contribution >= 4 is 10.9 Å². The van der Waals surface area contributed by atoms with Crippen LogP contribution in [-0.2, 0) is 32.5 Å². The maximum absolute atomic E-state index is 13.1. The monoisotopic (exact) mass is 492 g/mol. The Morgan fingerprint density at radius 1 is 0.865 bits per heavy atom. The second-order valence-corrected chi connectivity index (χ2v) is 9.67. The third-order valence-corrected chi connectivity index (χ3v) is 6.75. The van der Waals surface area contributed by atoms with Gasteiger partial charge in [-0.3, -0.25) is 9.69 Å². The van der Waals surface area contributed by atoms with Gasteiger partial charge in [0.25, 0.3) is 5.56 Å². The van der Waals surface area contributed by atoms with Gasteiger partial charge in [-0.25, -0.2) is 4.68 Å². The van der Waals surface area contributed by atoms with E-state index in [4.69, 9.17) is 0 Å². The van der Waals surface area contributed by atoms with E-state index in [1.807, 2.05) is 41.9 Å². The zero-order valence-electron chi connectivity index (χ0n) is 21.4. The SMILES string of the molecule is Cc1cc(C)c2[nH]c(=O)c(CN(CCc3ccccc3)Cc3nnnn3CCc3ccccc3)cc2c1. The summed E-state index contributed by atoms with van der Waals surface area (Å²) in [5.74, 6) is 0.799. The highest BCUT2D eigenvalue weighted by Gasteiger charge is 2.16. The molecule has 3 aromatic carbocycles. The number of aryl methyl sites for hydroxylation is 4. The highest BCUT2D eigenvalue weighted by molar-refractivity contribution is 5.82. The Labute approximate surface area is 216 Å². The average Bonchev–Trinajstić information content (AvgIpc) is 3.35. The van der Waals surface area contributed by atoms with Crippen molar-refractivity contribution in [2.45, 2.75) is 46.3 Å². The van der Waals surface area contributed by atoms with Crippen LogP contribution < -0.4 is 5.56 Å². The summed E-state index contributed by atoms with van der Waals surface area (Å²) in [5, 5.41) is 13.6. The zero-order valence-corrected chi connectivity index (χ0v) is 21.4. The van der Waals surface area contributed by atoms with Crippen LogP contribution in [0.15, 0.2) is 83.7 Å². The Morgan fingerprint density at radius 2 is 1.57 bits per heavy atom. The Bertz CT molecular complexity index is 1520. The Kier molecular flexibility index (Phi) is 7.51. The lowest BCUT2D eigenvalue weighted by molar-refractivity contribution is 0.247. The minimum atomic E-state index is -0.0483. The first-order chi connectivity index (χ1) is 18.0. The fourth-order valence-corrected chi connectivity index (χ4v) is 4.83. The summed E-state index contributed by atoms with van der Waals surface area (Å²) in [5.41, 5.74) is 6.37. The molecule has 2 aromatic heterocycles. The minimum Gasteiger partial charge on any atom is -0.321 e. The van der Waals surface area contributed by atoms with Gasteiger partial charge in [0.05, 0.1) is 12.1 Å². The van der Waals surface area contributed by atoms with Crippen molar-refractivity contribution in [1.82, 2.24) is 30.1 Å². The number of benzene rings is 3. The molecule has 5 aromatic rings. The van der Waals surface area contributed by atoms with Crippen LogP contribution in [0.1, 0.15) is 33.6 Å². The second kappa shape index (κ2) is 11.3. The smallest absolute Gasteiger partial charge is 0.252 e. The van der Waals surface area contributed by atoms with Gasteiger partial charge >= 0.3 is 0 Å². The van der Waals surface area contributed by atoms with Crippen molar-refractivity contribution in [2.75, 3.05) is 6.54 Å². The molecule has 0 bridgehead atoms. The molecule has 0 fully saturated rings. The van der Waals surface area contributed by atoms with E-state index in [9.17, 15) is 4.79 Å². The number of aromatic amines is 1. The van der Waals surface area contributed by atoms with Crippen LogP contribution in [0.25, 0.3) is 10.9 Å². The summed E-state index contributed by atoms with van der Waals surface area (Å²) >= 11 is 0. The van der Waals surface area contributed by atoms with Gasteiger partial charge in [-0.05, 0) is 71.3 Å². The van der Waals surface area contributed by atoms with Crippen molar-refractivity contribution in [2.24, 2.45) is 0 Å². The lowest BCUT2D eigenvalue weighted by Gasteiger charge is -2.22. The summed E-state index contributed by atoms with van der Waals surface area (Å²) < 4.78 is 1.87. The van der Waals surface area contributed by atoms with Gasteiger partial charge < -0.3 is 4.98 Å². The number of pyridine rings is 1. The Balaban J connectivity index is 1.38. The van der Waals surface area contributed by atoms with E-state index in [1.165, 1.54) is 16.7 Å².